The van der Waals surface area contributed by atoms with Crippen molar-refractivity contribution in [3.63, 3.8) is 0 Å². The number of methoxy groups -OCH3 is 1. The number of rotatable bonds is 9. The number of nitrogens with one attached hydrogen (secondary N) is 2. The Morgan fingerprint density at radius 1 is 1.08 bits per heavy atom. The molecule has 0 bridgehead atoms. The van der Waals surface area contributed by atoms with Gasteiger partial charge in [-0.15, -0.1) is 0 Å². The van der Waals surface area contributed by atoms with Crippen LogP contribution in [0.25, 0.3) is 0 Å². The molecule has 0 saturated heterocycles. The van der Waals surface area contributed by atoms with Crippen LogP contribution in [0.5, 0.6) is 5.75 Å². The number of ether oxygens (including phenoxy) is 1. The van der Waals surface area contributed by atoms with Crippen LogP contribution in [-0.2, 0) is 14.4 Å². The highest BCUT2D eigenvalue weighted by Gasteiger charge is 2.35. The molecule has 3 aromatic rings. The fourth-order valence-electron chi connectivity index (χ4n) is 3.70. The van der Waals surface area contributed by atoms with Crippen molar-refractivity contribution in [2.75, 3.05) is 17.3 Å². The summed E-state index contributed by atoms with van der Waals surface area (Å²) in [5.41, 5.74) is 0.297. The zero-order valence-electron chi connectivity index (χ0n) is 21.5. The molecule has 3 rings (SSSR count). The van der Waals surface area contributed by atoms with Gasteiger partial charge in [0, 0.05) is 46.8 Å². The number of amides is 3. The third-order valence-electron chi connectivity index (χ3n) is 5.27. The summed E-state index contributed by atoms with van der Waals surface area (Å²) in [6, 6.07) is 14.2. The van der Waals surface area contributed by atoms with Gasteiger partial charge in [0.2, 0.25) is 17.7 Å². The first-order valence-corrected chi connectivity index (χ1v) is 12.1. The average molecular weight is 527 g/mol. The van der Waals surface area contributed by atoms with Crippen molar-refractivity contribution in [2.45, 2.75) is 52.1 Å². The summed E-state index contributed by atoms with van der Waals surface area (Å²) in [4.78, 5) is 41.3. The molecule has 196 valence electrons. The molecule has 0 spiro atoms. The van der Waals surface area contributed by atoms with Crippen molar-refractivity contribution in [1.29, 1.82) is 0 Å². The lowest BCUT2D eigenvalue weighted by Gasteiger charge is -2.34. The van der Waals surface area contributed by atoms with Crippen molar-refractivity contribution in [2.24, 2.45) is 0 Å². The fourth-order valence-corrected chi connectivity index (χ4v) is 3.94. The number of benzene rings is 2. The van der Waals surface area contributed by atoms with Gasteiger partial charge in [0.25, 0.3) is 0 Å². The van der Waals surface area contributed by atoms with Gasteiger partial charge < -0.3 is 19.9 Å². The van der Waals surface area contributed by atoms with E-state index < -0.39 is 29.3 Å². The maximum Gasteiger partial charge on any atom is 0.248 e. The number of halogens is 1. The number of aromatic nitrogens is 1. The number of anilines is 2. The Morgan fingerprint density at radius 3 is 2.43 bits per heavy atom. The third-order valence-corrected chi connectivity index (χ3v) is 5.61. The van der Waals surface area contributed by atoms with E-state index in [4.69, 9.17) is 20.9 Å². The van der Waals surface area contributed by atoms with E-state index in [9.17, 15) is 14.4 Å². The van der Waals surface area contributed by atoms with Crippen molar-refractivity contribution >= 4 is 40.8 Å². The Bertz CT molecular complexity index is 1270. The van der Waals surface area contributed by atoms with E-state index in [2.05, 4.69) is 15.8 Å². The molecular weight excluding hydrogens is 496 g/mol. The van der Waals surface area contributed by atoms with Crippen LogP contribution in [0.4, 0.5) is 11.5 Å². The van der Waals surface area contributed by atoms with Gasteiger partial charge in [0.05, 0.1) is 7.11 Å². The number of aryl methyl sites for hydroxylation is 1. The maximum absolute atomic E-state index is 13.7. The second kappa shape index (κ2) is 11.9. The summed E-state index contributed by atoms with van der Waals surface area (Å²) in [5.74, 6) is 0.0263. The Labute approximate surface area is 221 Å². The lowest BCUT2D eigenvalue weighted by molar-refractivity contribution is -0.128. The molecule has 0 aliphatic heterocycles. The largest absolute Gasteiger partial charge is 0.497 e. The average Bonchev–Trinajstić information content (AvgIpc) is 3.24. The monoisotopic (exact) mass is 526 g/mol. The fraction of sp³-hybridized carbons (Fsp3) is 0.333. The Kier molecular flexibility index (Phi) is 8.94. The van der Waals surface area contributed by atoms with E-state index in [1.54, 1.807) is 61.5 Å². The van der Waals surface area contributed by atoms with Gasteiger partial charge in [-0.2, -0.15) is 0 Å². The van der Waals surface area contributed by atoms with E-state index >= 15 is 0 Å². The summed E-state index contributed by atoms with van der Waals surface area (Å²) < 4.78 is 10.3. The zero-order valence-corrected chi connectivity index (χ0v) is 22.3. The molecule has 0 aliphatic rings. The van der Waals surface area contributed by atoms with Crippen molar-refractivity contribution in [3.05, 3.63) is 70.9 Å². The second-order valence-electron chi connectivity index (χ2n) is 9.50. The van der Waals surface area contributed by atoms with E-state index in [0.717, 1.165) is 0 Å². The predicted molar refractivity (Wildman–Crippen MR) is 142 cm³/mol. The van der Waals surface area contributed by atoms with Crippen LogP contribution in [0.1, 0.15) is 51.0 Å². The molecule has 0 fully saturated rings. The quantitative estimate of drug-likeness (QED) is 0.403. The molecule has 9 nitrogen and oxygen atoms in total. The predicted octanol–water partition coefficient (Wildman–Crippen LogP) is 5.05. The van der Waals surface area contributed by atoms with Crippen LogP contribution in [-0.4, -0.2) is 35.5 Å². The van der Waals surface area contributed by atoms with Crippen molar-refractivity contribution < 1.29 is 23.6 Å². The summed E-state index contributed by atoms with van der Waals surface area (Å²) in [6.45, 7) is 7.25. The Hall–Kier alpha value is -3.85. The highest BCUT2D eigenvalue weighted by molar-refractivity contribution is 6.31. The molecule has 2 aromatic carbocycles. The first kappa shape index (κ1) is 27.7. The molecule has 1 atom stereocenters. The molecule has 2 N–H and O–H groups in total. The SMILES string of the molecule is COc1cccc(N(C(=O)CCC(=O)Nc2cc(C)on2)[C@@H](C(=O)NC(C)(C)C)c2ccccc2Cl)c1. The summed E-state index contributed by atoms with van der Waals surface area (Å²) >= 11 is 6.53. The van der Waals surface area contributed by atoms with Crippen LogP contribution < -0.4 is 20.3 Å². The topological polar surface area (TPSA) is 114 Å². The second-order valence-corrected chi connectivity index (χ2v) is 9.91. The highest BCUT2D eigenvalue weighted by Crippen LogP contribution is 2.34. The van der Waals surface area contributed by atoms with Gasteiger partial charge in [0.1, 0.15) is 17.6 Å². The summed E-state index contributed by atoms with van der Waals surface area (Å²) in [5, 5.41) is 9.63. The Balaban J connectivity index is 1.99. The van der Waals surface area contributed by atoms with Gasteiger partial charge in [-0.25, -0.2) is 0 Å². The molecule has 0 unspecified atom stereocenters. The number of carbonyl (C=O) groups is 3. The van der Waals surface area contributed by atoms with Gasteiger partial charge >= 0.3 is 0 Å². The molecule has 37 heavy (non-hydrogen) atoms. The number of carbonyl (C=O) groups excluding carboxylic acids is 3. The van der Waals surface area contributed by atoms with E-state index in [-0.39, 0.29) is 18.7 Å². The van der Waals surface area contributed by atoms with Gasteiger partial charge in [-0.05, 0) is 45.9 Å². The first-order chi connectivity index (χ1) is 17.5. The summed E-state index contributed by atoms with van der Waals surface area (Å²) in [6.07, 6.45) is -0.315. The van der Waals surface area contributed by atoms with E-state index in [1.165, 1.54) is 12.0 Å². The third kappa shape index (κ3) is 7.57. The smallest absolute Gasteiger partial charge is 0.248 e. The molecule has 10 heteroatoms. The molecule has 1 heterocycles. The van der Waals surface area contributed by atoms with Crippen molar-refractivity contribution in [3.8, 4) is 5.75 Å². The number of hydrogen-bond donors (Lipinski definition) is 2. The molecule has 0 radical (unpaired) electrons. The van der Waals surface area contributed by atoms with Crippen LogP contribution >= 0.6 is 11.6 Å². The minimum absolute atomic E-state index is 0.138. The minimum atomic E-state index is -1.10. The highest BCUT2D eigenvalue weighted by atomic mass is 35.5. The Morgan fingerprint density at radius 2 is 1.81 bits per heavy atom. The van der Waals surface area contributed by atoms with E-state index in [0.29, 0.717) is 27.8 Å². The zero-order chi connectivity index (χ0) is 27.2. The first-order valence-electron chi connectivity index (χ1n) is 11.7. The standard InChI is InChI=1S/C27H31ClN4O5/c1-17-15-22(31-37-17)29-23(33)13-14-24(34)32(18-9-8-10-19(16-18)36-5)25(26(35)30-27(2,3)4)20-11-6-7-12-21(20)28/h6-12,15-16,25H,13-14H2,1-5H3,(H,30,35)(H,29,31,33)/t25-/m1/s1. The molecule has 0 aliphatic carbocycles. The molecular formula is C27H31ClN4O5. The lowest BCUT2D eigenvalue weighted by atomic mass is 10.00. The van der Waals surface area contributed by atoms with Gasteiger partial charge in [-0.1, -0.05) is 41.0 Å². The molecule has 3 amide bonds. The molecule has 1 aromatic heterocycles. The molecule has 0 saturated carbocycles. The number of nitrogens with zero attached hydrogens (tertiary/aromatic N) is 2. The van der Waals surface area contributed by atoms with E-state index in [1.807, 2.05) is 20.8 Å². The van der Waals surface area contributed by atoms with Crippen LogP contribution in [0.15, 0.2) is 59.1 Å². The van der Waals surface area contributed by atoms with Crippen LogP contribution in [0, 0.1) is 6.92 Å². The maximum atomic E-state index is 13.7. The van der Waals surface area contributed by atoms with Crippen molar-refractivity contribution in [1.82, 2.24) is 10.5 Å². The lowest BCUT2D eigenvalue weighted by Crippen LogP contribution is -2.49. The minimum Gasteiger partial charge on any atom is -0.497 e. The van der Waals surface area contributed by atoms with Crippen LogP contribution in [0.2, 0.25) is 5.02 Å². The van der Waals surface area contributed by atoms with Gasteiger partial charge in [0.15, 0.2) is 5.82 Å². The number of hydrogen-bond acceptors (Lipinski definition) is 6. The normalized spacial score (nSPS) is 11.9. The van der Waals surface area contributed by atoms with Gasteiger partial charge in [-0.3, -0.25) is 19.3 Å². The van der Waals surface area contributed by atoms with Crippen LogP contribution in [0.3, 0.4) is 0 Å². The summed E-state index contributed by atoms with van der Waals surface area (Å²) in [7, 11) is 1.51.